The first-order valence-corrected chi connectivity index (χ1v) is 7.37. The molecule has 0 bridgehead atoms. The quantitative estimate of drug-likeness (QED) is 0.396. The molecule has 2 aromatic heterocycles. The number of nitro groups is 1. The average Bonchev–Trinajstić information content (AvgIpc) is 2.94. The third-order valence-corrected chi connectivity index (χ3v) is 3.77. The van der Waals surface area contributed by atoms with E-state index >= 15 is 0 Å². The van der Waals surface area contributed by atoms with E-state index in [1.807, 2.05) is 22.7 Å². The van der Waals surface area contributed by atoms with E-state index in [1.54, 1.807) is 24.4 Å². The molecule has 6 nitrogen and oxygen atoms in total. The summed E-state index contributed by atoms with van der Waals surface area (Å²) in [6, 6.07) is 11.8. The zero-order chi connectivity index (χ0) is 16.4. The Morgan fingerprint density at radius 1 is 1.30 bits per heavy atom. The molecule has 7 heteroatoms. The van der Waals surface area contributed by atoms with Gasteiger partial charge in [0.1, 0.15) is 5.65 Å². The number of rotatable bonds is 3. The van der Waals surface area contributed by atoms with Gasteiger partial charge < -0.3 is 0 Å². The van der Waals surface area contributed by atoms with Crippen LogP contribution in [0.25, 0.3) is 17.3 Å². The Morgan fingerprint density at radius 3 is 2.70 bits per heavy atom. The maximum atomic E-state index is 10.7. The molecule has 0 aliphatic carbocycles. The summed E-state index contributed by atoms with van der Waals surface area (Å²) in [5.41, 5.74) is 2.52. The van der Waals surface area contributed by atoms with Crippen molar-refractivity contribution in [3.8, 4) is 6.07 Å². The van der Waals surface area contributed by atoms with E-state index in [9.17, 15) is 15.4 Å². The zero-order valence-electron chi connectivity index (χ0n) is 11.7. The minimum Gasteiger partial charge on any atom is -0.299 e. The molecular formula is C16H9BrN4O2. The molecule has 0 unspecified atom stereocenters. The summed E-state index contributed by atoms with van der Waals surface area (Å²) in [5, 5.41) is 20.1. The van der Waals surface area contributed by atoms with Crippen LogP contribution in [-0.2, 0) is 0 Å². The van der Waals surface area contributed by atoms with Crippen molar-refractivity contribution in [2.45, 2.75) is 0 Å². The van der Waals surface area contributed by atoms with Crippen molar-refractivity contribution in [2.24, 2.45) is 0 Å². The molecule has 0 atom stereocenters. The molecule has 0 fully saturated rings. The van der Waals surface area contributed by atoms with E-state index in [0.717, 1.165) is 15.8 Å². The van der Waals surface area contributed by atoms with Crippen molar-refractivity contribution >= 4 is 38.9 Å². The van der Waals surface area contributed by atoms with Crippen LogP contribution >= 0.6 is 15.9 Å². The van der Waals surface area contributed by atoms with Gasteiger partial charge in [0.25, 0.3) is 5.69 Å². The minimum absolute atomic E-state index is 0.00947. The first-order chi connectivity index (χ1) is 11.1. The fraction of sp³-hybridized carbons (Fsp3) is 0. The predicted molar refractivity (Wildman–Crippen MR) is 89.5 cm³/mol. The summed E-state index contributed by atoms with van der Waals surface area (Å²) in [6.45, 7) is 0. The molecule has 3 rings (SSSR count). The highest BCUT2D eigenvalue weighted by Gasteiger charge is 2.08. The highest BCUT2D eigenvalue weighted by atomic mass is 79.9. The largest absolute Gasteiger partial charge is 0.299 e. The van der Waals surface area contributed by atoms with E-state index in [0.29, 0.717) is 11.1 Å². The molecule has 0 spiro atoms. The van der Waals surface area contributed by atoms with Crippen LogP contribution in [0, 0.1) is 21.4 Å². The van der Waals surface area contributed by atoms with Crippen LogP contribution in [0.3, 0.4) is 0 Å². The van der Waals surface area contributed by atoms with Crippen LogP contribution in [-0.4, -0.2) is 14.3 Å². The number of allylic oxidation sites excluding steroid dienone is 1. The molecule has 0 amide bonds. The van der Waals surface area contributed by atoms with Gasteiger partial charge in [0.15, 0.2) is 0 Å². The first kappa shape index (κ1) is 14.9. The smallest absolute Gasteiger partial charge is 0.269 e. The Morgan fingerprint density at radius 2 is 2.04 bits per heavy atom. The number of hydrogen-bond donors (Lipinski definition) is 0. The lowest BCUT2D eigenvalue weighted by Gasteiger charge is -2.01. The average molecular weight is 369 g/mol. The number of halogens is 1. The van der Waals surface area contributed by atoms with Gasteiger partial charge in [-0.1, -0.05) is 0 Å². The number of nitro benzene ring substituents is 1. The second kappa shape index (κ2) is 6.02. The number of benzene rings is 1. The van der Waals surface area contributed by atoms with Crippen molar-refractivity contribution < 1.29 is 4.92 Å². The van der Waals surface area contributed by atoms with Crippen LogP contribution in [0.2, 0.25) is 0 Å². The van der Waals surface area contributed by atoms with Crippen molar-refractivity contribution in [2.75, 3.05) is 0 Å². The number of non-ortho nitro benzene ring substituents is 1. The second-order valence-electron chi connectivity index (χ2n) is 4.73. The molecule has 0 N–H and O–H groups in total. The number of nitrogens with zero attached hydrogens (tertiary/aromatic N) is 4. The molecule has 112 valence electrons. The van der Waals surface area contributed by atoms with Crippen LogP contribution in [0.1, 0.15) is 11.3 Å². The standard InChI is InChI=1S/C16H9BrN4O2/c17-13-3-6-16-19-9-15(20(16)10-13)7-12(8-18)11-1-4-14(5-2-11)21(22)23/h1-7,9-10H/b12-7-. The van der Waals surface area contributed by atoms with E-state index in [2.05, 4.69) is 27.0 Å². The van der Waals surface area contributed by atoms with Crippen molar-refractivity contribution in [1.29, 1.82) is 5.26 Å². The lowest BCUT2D eigenvalue weighted by Crippen LogP contribution is -1.90. The van der Waals surface area contributed by atoms with Gasteiger partial charge in [0.2, 0.25) is 0 Å². The summed E-state index contributed by atoms with van der Waals surface area (Å²) in [7, 11) is 0. The van der Waals surface area contributed by atoms with Crippen LogP contribution in [0.5, 0.6) is 0 Å². The highest BCUT2D eigenvalue weighted by molar-refractivity contribution is 9.10. The normalized spacial score (nSPS) is 11.4. The number of hydrogen-bond acceptors (Lipinski definition) is 4. The Labute approximate surface area is 139 Å². The van der Waals surface area contributed by atoms with E-state index in [4.69, 9.17) is 0 Å². The van der Waals surface area contributed by atoms with Gasteiger partial charge in [-0.15, -0.1) is 0 Å². The van der Waals surface area contributed by atoms with Gasteiger partial charge in [0.05, 0.1) is 28.5 Å². The summed E-state index contributed by atoms with van der Waals surface area (Å²) >= 11 is 3.40. The van der Waals surface area contributed by atoms with Gasteiger partial charge in [-0.3, -0.25) is 14.5 Å². The van der Waals surface area contributed by atoms with Gasteiger partial charge in [0, 0.05) is 22.8 Å². The predicted octanol–water partition coefficient (Wildman–Crippen LogP) is 4.07. The number of fused-ring (bicyclic) bond motifs is 1. The summed E-state index contributed by atoms with van der Waals surface area (Å²) < 4.78 is 2.75. The fourth-order valence-electron chi connectivity index (χ4n) is 2.17. The third-order valence-electron chi connectivity index (χ3n) is 3.30. The maximum Gasteiger partial charge on any atom is 0.269 e. The zero-order valence-corrected chi connectivity index (χ0v) is 13.3. The number of aromatic nitrogens is 2. The van der Waals surface area contributed by atoms with Crippen LogP contribution < -0.4 is 0 Å². The fourth-order valence-corrected chi connectivity index (χ4v) is 2.51. The monoisotopic (exact) mass is 368 g/mol. The minimum atomic E-state index is -0.471. The molecule has 0 radical (unpaired) electrons. The van der Waals surface area contributed by atoms with Crippen molar-refractivity contribution in [3.05, 3.63) is 74.6 Å². The molecule has 2 heterocycles. The Balaban J connectivity index is 2.05. The van der Waals surface area contributed by atoms with Gasteiger partial charge in [-0.05, 0) is 51.8 Å². The Hall–Kier alpha value is -2.98. The molecule has 0 saturated carbocycles. The topological polar surface area (TPSA) is 84.2 Å². The van der Waals surface area contributed by atoms with Crippen molar-refractivity contribution in [1.82, 2.24) is 9.38 Å². The Bertz CT molecular complexity index is 968. The van der Waals surface area contributed by atoms with E-state index in [-0.39, 0.29) is 5.69 Å². The molecule has 1 aromatic carbocycles. The van der Waals surface area contributed by atoms with E-state index in [1.165, 1.54) is 12.1 Å². The number of imidazole rings is 1. The van der Waals surface area contributed by atoms with E-state index < -0.39 is 4.92 Å². The number of nitriles is 1. The SMILES string of the molecule is N#C/C(=C/c1cnc2ccc(Br)cn12)c1ccc([N+](=O)[O-])cc1. The van der Waals surface area contributed by atoms with Gasteiger partial charge >= 0.3 is 0 Å². The summed E-state index contributed by atoms with van der Waals surface area (Å²) in [6.07, 6.45) is 5.23. The second-order valence-corrected chi connectivity index (χ2v) is 5.65. The highest BCUT2D eigenvalue weighted by Crippen LogP contribution is 2.22. The molecular weight excluding hydrogens is 360 g/mol. The molecule has 0 aliphatic rings. The molecule has 0 aliphatic heterocycles. The van der Waals surface area contributed by atoms with Crippen molar-refractivity contribution in [3.63, 3.8) is 0 Å². The van der Waals surface area contributed by atoms with Crippen LogP contribution in [0.4, 0.5) is 5.69 Å². The molecule has 0 saturated heterocycles. The third kappa shape index (κ3) is 2.98. The lowest BCUT2D eigenvalue weighted by molar-refractivity contribution is -0.384. The van der Waals surface area contributed by atoms with Crippen LogP contribution in [0.15, 0.2) is 53.3 Å². The maximum absolute atomic E-state index is 10.7. The van der Waals surface area contributed by atoms with Gasteiger partial charge in [-0.25, -0.2) is 4.98 Å². The molecule has 23 heavy (non-hydrogen) atoms. The Kier molecular flexibility index (Phi) is 3.91. The summed E-state index contributed by atoms with van der Waals surface area (Å²) in [5.74, 6) is 0. The first-order valence-electron chi connectivity index (χ1n) is 6.58. The van der Waals surface area contributed by atoms with Gasteiger partial charge in [-0.2, -0.15) is 5.26 Å². The lowest BCUT2D eigenvalue weighted by atomic mass is 10.1. The number of pyridine rings is 1. The molecule has 3 aromatic rings. The summed E-state index contributed by atoms with van der Waals surface area (Å²) in [4.78, 5) is 14.5.